The summed E-state index contributed by atoms with van der Waals surface area (Å²) in [4.78, 5) is 33.3. The second-order valence-corrected chi connectivity index (χ2v) is 13.1. The van der Waals surface area contributed by atoms with Crippen LogP contribution in [0.15, 0.2) is 72.6 Å². The van der Waals surface area contributed by atoms with Crippen molar-refractivity contribution < 1.29 is 14.3 Å². The maximum absolute atomic E-state index is 14.2. The van der Waals surface area contributed by atoms with Gasteiger partial charge in [-0.1, -0.05) is 48.0 Å². The number of hydrogen-bond acceptors (Lipinski definition) is 5. The Kier molecular flexibility index (Phi) is 8.62. The number of nitrogens with one attached hydrogen (secondary N) is 1. The fourth-order valence-electron chi connectivity index (χ4n) is 5.57. The van der Waals surface area contributed by atoms with Gasteiger partial charge in [0.1, 0.15) is 10.5 Å². The first-order valence-corrected chi connectivity index (χ1v) is 15.1. The Balaban J connectivity index is 1.34. The van der Waals surface area contributed by atoms with Crippen LogP contribution < -0.4 is 5.32 Å². The van der Waals surface area contributed by atoms with Crippen LogP contribution in [0.4, 0.5) is 4.79 Å². The largest absolute Gasteiger partial charge is 0.444 e. The van der Waals surface area contributed by atoms with Gasteiger partial charge in [-0.05, 0) is 82.2 Å². The molecule has 0 saturated heterocycles. The number of amides is 2. The number of carbonyl (C=O) groups is 2. The molecule has 1 unspecified atom stereocenters. The van der Waals surface area contributed by atoms with Crippen molar-refractivity contribution in [2.45, 2.75) is 76.5 Å². The number of alkyl carbamates (subject to hydrolysis) is 1. The van der Waals surface area contributed by atoms with Gasteiger partial charge in [-0.25, -0.2) is 4.79 Å². The molecule has 0 radical (unpaired) electrons. The molecule has 40 heavy (non-hydrogen) atoms. The van der Waals surface area contributed by atoms with Gasteiger partial charge in [-0.2, -0.15) is 0 Å². The number of benzene rings is 1. The normalized spacial score (nSPS) is 21.1. The number of thiophene rings is 1. The SMILES string of the molecule is CC(C)(C)OC(=O)NC1CCC(N(CC2=CC=CC(c3ccncc3)C2)C(=O)c2sc3ccccc3c2Cl)CC1. The molecule has 0 aliphatic heterocycles. The molecule has 1 aromatic carbocycles. The number of hydrogen-bond donors (Lipinski definition) is 1. The summed E-state index contributed by atoms with van der Waals surface area (Å²) in [6.45, 7) is 6.13. The summed E-state index contributed by atoms with van der Waals surface area (Å²) < 4.78 is 6.47. The van der Waals surface area contributed by atoms with Gasteiger partial charge in [0.05, 0.1) is 5.02 Å². The lowest BCUT2D eigenvalue weighted by Crippen LogP contribution is -2.47. The predicted octanol–water partition coefficient (Wildman–Crippen LogP) is 7.90. The number of fused-ring (bicyclic) bond motifs is 1. The molecule has 8 heteroatoms. The molecular formula is C32H36ClN3O3S. The van der Waals surface area contributed by atoms with E-state index >= 15 is 0 Å². The van der Waals surface area contributed by atoms with Crippen LogP contribution in [0.3, 0.4) is 0 Å². The van der Waals surface area contributed by atoms with Gasteiger partial charge in [-0.15, -0.1) is 11.3 Å². The first kappa shape index (κ1) is 28.4. The van der Waals surface area contributed by atoms with Crippen molar-refractivity contribution in [3.63, 3.8) is 0 Å². The highest BCUT2D eigenvalue weighted by atomic mass is 35.5. The van der Waals surface area contributed by atoms with Crippen LogP contribution in [0, 0.1) is 0 Å². The van der Waals surface area contributed by atoms with Crippen LogP contribution in [0.2, 0.25) is 5.02 Å². The Labute approximate surface area is 245 Å². The molecule has 1 fully saturated rings. The molecule has 0 spiro atoms. The van der Waals surface area contributed by atoms with E-state index in [1.54, 1.807) is 0 Å². The number of rotatable bonds is 6. The maximum atomic E-state index is 14.2. The Morgan fingerprint density at radius 1 is 1.10 bits per heavy atom. The average molecular weight is 578 g/mol. The van der Waals surface area contributed by atoms with Crippen molar-refractivity contribution in [1.29, 1.82) is 0 Å². The average Bonchev–Trinajstić information content (AvgIpc) is 3.28. The zero-order valence-corrected chi connectivity index (χ0v) is 24.8. The first-order chi connectivity index (χ1) is 19.2. The topological polar surface area (TPSA) is 71.5 Å². The third kappa shape index (κ3) is 6.76. The number of aromatic nitrogens is 1. The fourth-order valence-corrected chi connectivity index (χ4v) is 7.04. The van der Waals surface area contributed by atoms with Crippen LogP contribution in [0.1, 0.15) is 74.0 Å². The molecule has 2 amide bonds. The lowest BCUT2D eigenvalue weighted by atomic mass is 9.87. The van der Waals surface area contributed by atoms with E-state index in [1.807, 2.05) is 62.3 Å². The Morgan fingerprint density at radius 2 is 1.82 bits per heavy atom. The summed E-state index contributed by atoms with van der Waals surface area (Å²) in [5.74, 6) is 0.229. The van der Waals surface area contributed by atoms with Crippen molar-refractivity contribution in [2.75, 3.05) is 6.54 Å². The van der Waals surface area contributed by atoms with E-state index < -0.39 is 5.60 Å². The molecule has 2 aliphatic carbocycles. The summed E-state index contributed by atoms with van der Waals surface area (Å²) in [6, 6.07) is 12.1. The summed E-state index contributed by atoms with van der Waals surface area (Å²) >= 11 is 8.24. The quantitative estimate of drug-likeness (QED) is 0.323. The van der Waals surface area contributed by atoms with Gasteiger partial charge < -0.3 is 15.0 Å². The van der Waals surface area contributed by atoms with E-state index in [-0.39, 0.29) is 30.0 Å². The number of pyridine rings is 1. The maximum Gasteiger partial charge on any atom is 0.407 e. The Morgan fingerprint density at radius 3 is 2.52 bits per heavy atom. The van der Waals surface area contributed by atoms with Crippen LogP contribution in [-0.4, -0.2) is 46.1 Å². The summed E-state index contributed by atoms with van der Waals surface area (Å²) in [6.07, 6.45) is 13.7. The summed E-state index contributed by atoms with van der Waals surface area (Å²) in [7, 11) is 0. The number of halogens is 1. The van der Waals surface area contributed by atoms with E-state index in [1.165, 1.54) is 22.5 Å². The Hall–Kier alpha value is -3.16. The molecule has 0 bridgehead atoms. The molecule has 2 aromatic heterocycles. The summed E-state index contributed by atoms with van der Waals surface area (Å²) in [5, 5.41) is 4.47. The van der Waals surface area contributed by atoms with Gasteiger partial charge in [0.25, 0.3) is 5.91 Å². The van der Waals surface area contributed by atoms with E-state index in [2.05, 4.69) is 40.7 Å². The highest BCUT2D eigenvalue weighted by Gasteiger charge is 2.33. The molecule has 1 N–H and O–H groups in total. The Bertz CT molecular complexity index is 1420. The van der Waals surface area contributed by atoms with Gasteiger partial charge >= 0.3 is 6.09 Å². The molecule has 210 valence electrons. The smallest absolute Gasteiger partial charge is 0.407 e. The van der Waals surface area contributed by atoms with E-state index in [9.17, 15) is 9.59 Å². The summed E-state index contributed by atoms with van der Waals surface area (Å²) in [5.41, 5.74) is 1.89. The highest BCUT2D eigenvalue weighted by Crippen LogP contribution is 2.38. The van der Waals surface area contributed by atoms with Crippen molar-refractivity contribution in [2.24, 2.45) is 0 Å². The molecular weight excluding hydrogens is 542 g/mol. The predicted molar refractivity (Wildman–Crippen MR) is 162 cm³/mol. The van der Waals surface area contributed by atoms with Gasteiger partial charge in [0, 0.05) is 47.0 Å². The lowest BCUT2D eigenvalue weighted by Gasteiger charge is -2.38. The van der Waals surface area contributed by atoms with Crippen LogP contribution in [0.25, 0.3) is 10.1 Å². The molecule has 3 aromatic rings. The number of nitrogens with zero attached hydrogens (tertiary/aromatic N) is 2. The molecule has 2 heterocycles. The third-order valence-electron chi connectivity index (χ3n) is 7.51. The minimum absolute atomic E-state index is 0.0225. The van der Waals surface area contributed by atoms with Gasteiger partial charge in [0.15, 0.2) is 0 Å². The van der Waals surface area contributed by atoms with E-state index in [0.717, 1.165) is 42.2 Å². The number of allylic oxidation sites excluding steroid dienone is 3. The first-order valence-electron chi connectivity index (χ1n) is 13.9. The van der Waals surface area contributed by atoms with Gasteiger partial charge in [-0.3, -0.25) is 9.78 Å². The van der Waals surface area contributed by atoms with Crippen molar-refractivity contribution >= 4 is 45.0 Å². The molecule has 2 aliphatic rings. The van der Waals surface area contributed by atoms with Gasteiger partial charge in [0.2, 0.25) is 0 Å². The van der Waals surface area contributed by atoms with Crippen molar-refractivity contribution in [3.05, 3.63) is 88.1 Å². The molecule has 1 saturated carbocycles. The second kappa shape index (κ2) is 12.1. The number of carbonyl (C=O) groups excluding carboxylic acids is 2. The molecule has 1 atom stereocenters. The standard InChI is InChI=1S/C32H36ClN3O3S/c1-32(2,3)39-31(38)35-24-11-13-25(14-12-24)36(30(37)29-28(33)26-9-4-5-10-27(26)40-29)20-21-7-6-8-23(19-21)22-15-17-34-18-16-22/h4-10,15-18,23-25H,11-14,19-20H2,1-3H3,(H,35,38). The lowest BCUT2D eigenvalue weighted by molar-refractivity contribution is 0.0463. The van der Waals surface area contributed by atoms with Crippen molar-refractivity contribution in [3.8, 4) is 0 Å². The highest BCUT2D eigenvalue weighted by molar-refractivity contribution is 7.21. The van der Waals surface area contributed by atoms with E-state index in [4.69, 9.17) is 16.3 Å². The monoisotopic (exact) mass is 577 g/mol. The zero-order chi connectivity index (χ0) is 28.3. The third-order valence-corrected chi connectivity index (χ3v) is 9.18. The second-order valence-electron chi connectivity index (χ2n) is 11.6. The van der Waals surface area contributed by atoms with Crippen LogP contribution in [0.5, 0.6) is 0 Å². The number of ether oxygens (including phenoxy) is 1. The van der Waals surface area contributed by atoms with Crippen LogP contribution >= 0.6 is 22.9 Å². The minimum atomic E-state index is -0.537. The minimum Gasteiger partial charge on any atom is -0.444 e. The molecule has 5 rings (SSSR count). The van der Waals surface area contributed by atoms with Crippen LogP contribution in [-0.2, 0) is 4.74 Å². The van der Waals surface area contributed by atoms with E-state index in [0.29, 0.717) is 16.4 Å². The zero-order valence-electron chi connectivity index (χ0n) is 23.2. The molecule has 6 nitrogen and oxygen atoms in total. The van der Waals surface area contributed by atoms with Crippen molar-refractivity contribution in [1.82, 2.24) is 15.2 Å². The fraction of sp³-hybridized carbons (Fsp3) is 0.406.